The molecule has 0 aromatic carbocycles. The first-order valence-corrected chi connectivity index (χ1v) is 2.49. The number of thiol groups is 1. The predicted octanol–water partition coefficient (Wildman–Crippen LogP) is 1.08. The van der Waals surface area contributed by atoms with Crippen LogP contribution in [0.5, 0.6) is 0 Å². The fraction of sp³-hybridized carbons (Fsp3) is 0. The zero-order chi connectivity index (χ0) is 9.23. The molecule has 12 heavy (non-hydrogen) atoms. The van der Waals surface area contributed by atoms with Crippen molar-refractivity contribution in [2.45, 2.75) is 0 Å². The quantitative estimate of drug-likeness (QED) is 0.192. The minimum absolute atomic E-state index is 0.00989. The van der Waals surface area contributed by atoms with E-state index in [1.165, 1.54) is 0 Å². The fourth-order valence-corrected chi connectivity index (χ4v) is 0.219. The summed E-state index contributed by atoms with van der Waals surface area (Å²) in [5.41, 5.74) is 6.11. The van der Waals surface area contributed by atoms with E-state index >= 15 is 0 Å². The zero-order valence-corrected chi connectivity index (χ0v) is 6.20. The van der Waals surface area contributed by atoms with E-state index < -0.39 is 0 Å². The monoisotopic (exact) mass is 197 g/mol. The Labute approximate surface area is 70.4 Å². The third kappa shape index (κ3) is 5.57. The lowest BCUT2D eigenvalue weighted by atomic mass is 12.4. The van der Waals surface area contributed by atoms with Crippen molar-refractivity contribution in [2.24, 2.45) is 26.1 Å². The van der Waals surface area contributed by atoms with E-state index in [1.54, 1.807) is 0 Å². The molecule has 0 saturated carbocycles. The van der Waals surface area contributed by atoms with Gasteiger partial charge in [0.1, 0.15) is 0 Å². The maximum absolute atomic E-state index is 7.91. The first kappa shape index (κ1) is 10.8. The van der Waals surface area contributed by atoms with Crippen LogP contribution in [0.15, 0.2) is 26.1 Å². The van der Waals surface area contributed by atoms with Crippen LogP contribution in [-0.4, -0.2) is 10.6 Å². The molecule has 0 bridgehead atoms. The second-order valence-corrected chi connectivity index (χ2v) is 1.08. The van der Waals surface area contributed by atoms with Crippen LogP contribution < -0.4 is 0 Å². The second-order valence-electron chi connectivity index (χ2n) is 0.926. The van der Waals surface area contributed by atoms with Gasteiger partial charge >= 0.3 is 0 Å². The van der Waals surface area contributed by atoms with Crippen LogP contribution >= 0.6 is 12.9 Å². The molecule has 0 rings (SSSR count). The summed E-state index contributed by atoms with van der Waals surface area (Å²) in [4.78, 5) is 7.23. The molecule has 0 aromatic heterocycles. The van der Waals surface area contributed by atoms with Gasteiger partial charge in [-0.2, -0.15) is 5.53 Å². The number of nitrogens with zero attached hydrogens (tertiary/aromatic N) is 6. The minimum atomic E-state index is 0.00989. The van der Waals surface area contributed by atoms with Crippen LogP contribution in [0.25, 0.3) is 0 Å². The molecular weight excluding hydrogens is 194 g/mol. The third-order valence-electron chi connectivity index (χ3n) is 0.405. The van der Waals surface area contributed by atoms with Gasteiger partial charge in [0.2, 0.25) is 0 Å². The van der Waals surface area contributed by atoms with E-state index in [2.05, 4.69) is 53.3 Å². The smallest absolute Gasteiger partial charge is 0.0513 e. The summed E-state index contributed by atoms with van der Waals surface area (Å²) in [6, 6.07) is 0. The SMILES string of the molecule is N=N/N=N/N=N/N(OO)OOS. The molecule has 0 aliphatic rings. The lowest BCUT2D eigenvalue weighted by Crippen LogP contribution is -2.14. The summed E-state index contributed by atoms with van der Waals surface area (Å²) in [5.74, 6) is 0. The molecule has 0 atom stereocenters. The highest BCUT2D eigenvalue weighted by Crippen LogP contribution is 1.95. The van der Waals surface area contributed by atoms with E-state index in [1.807, 2.05) is 0 Å². The molecule has 0 saturated heterocycles. The average molecular weight is 197 g/mol. The Balaban J connectivity index is 3.74. The molecule has 0 fully saturated rings. The Bertz CT molecular complexity index is 167. The van der Waals surface area contributed by atoms with Crippen molar-refractivity contribution in [3.05, 3.63) is 0 Å². The van der Waals surface area contributed by atoms with Crippen LogP contribution in [0.1, 0.15) is 0 Å². The summed E-state index contributed by atoms with van der Waals surface area (Å²) >= 11 is 3.12. The molecule has 68 valence electrons. The van der Waals surface area contributed by atoms with Gasteiger partial charge in [0.25, 0.3) is 0 Å². The first-order valence-electron chi connectivity index (χ1n) is 2.12. The van der Waals surface area contributed by atoms with Crippen LogP contribution in [0.4, 0.5) is 0 Å². The van der Waals surface area contributed by atoms with Crippen molar-refractivity contribution in [3.8, 4) is 0 Å². The van der Waals surface area contributed by atoms with Gasteiger partial charge in [-0.05, 0) is 20.7 Å². The van der Waals surface area contributed by atoms with Gasteiger partial charge in [-0.15, -0.1) is 4.33 Å². The van der Waals surface area contributed by atoms with Crippen LogP contribution in [0.3, 0.4) is 0 Å². The van der Waals surface area contributed by atoms with Crippen molar-refractivity contribution in [1.29, 1.82) is 5.53 Å². The molecule has 0 unspecified atom stereocenters. The van der Waals surface area contributed by atoms with Crippen LogP contribution in [-0.2, 0) is 14.3 Å². The summed E-state index contributed by atoms with van der Waals surface area (Å²) < 4.78 is 3.70. The molecule has 0 aliphatic carbocycles. The molecule has 0 spiro atoms. The Morgan fingerprint density at radius 1 is 1.33 bits per heavy atom. The highest BCUT2D eigenvalue weighted by Gasteiger charge is 2.00. The lowest BCUT2D eigenvalue weighted by Gasteiger charge is -2.03. The van der Waals surface area contributed by atoms with E-state index in [0.29, 0.717) is 0 Å². The average Bonchev–Trinajstić information content (AvgIpc) is 2.10. The van der Waals surface area contributed by atoms with Crippen molar-refractivity contribution in [3.63, 3.8) is 0 Å². The van der Waals surface area contributed by atoms with Crippen molar-refractivity contribution >= 4 is 12.9 Å². The van der Waals surface area contributed by atoms with E-state index in [9.17, 15) is 0 Å². The molecular formula is H3N7O4S. The molecule has 0 heterocycles. The Morgan fingerprint density at radius 2 is 2.08 bits per heavy atom. The van der Waals surface area contributed by atoms with Crippen molar-refractivity contribution < 1.29 is 19.6 Å². The van der Waals surface area contributed by atoms with Gasteiger partial charge in [0, 0.05) is 23.4 Å². The van der Waals surface area contributed by atoms with Crippen LogP contribution in [0.2, 0.25) is 0 Å². The molecule has 0 aliphatic heterocycles. The Kier molecular flexibility index (Phi) is 7.10. The lowest BCUT2D eigenvalue weighted by molar-refractivity contribution is -0.572. The standard InChI is InChI=1S/H3N7O4S/c1-2-3-4-5-6-7(9-8)10-11-12/h1,8,12H/b2-1?,4-3+,6-5+. The summed E-state index contributed by atoms with van der Waals surface area (Å²) in [5, 5.41) is 21.6. The Hall–Kier alpha value is -1.21. The molecule has 0 aromatic rings. The topological polar surface area (TPSA) is 137 Å². The number of rotatable bonds is 6. The second kappa shape index (κ2) is 7.89. The molecule has 0 radical (unpaired) electrons. The van der Waals surface area contributed by atoms with Gasteiger partial charge in [0.05, 0.1) is 5.34 Å². The van der Waals surface area contributed by atoms with Crippen molar-refractivity contribution in [2.75, 3.05) is 0 Å². The van der Waals surface area contributed by atoms with Crippen LogP contribution in [0, 0.1) is 5.53 Å². The van der Waals surface area contributed by atoms with Gasteiger partial charge in [-0.1, -0.05) is 4.99 Å². The summed E-state index contributed by atoms with van der Waals surface area (Å²) in [7, 11) is 0. The largest absolute Gasteiger partial charge is 0.224 e. The van der Waals surface area contributed by atoms with Gasteiger partial charge in [-0.25, -0.2) is 5.26 Å². The summed E-state index contributed by atoms with van der Waals surface area (Å²) in [6.45, 7) is 0. The van der Waals surface area contributed by atoms with E-state index in [0.717, 1.165) is 0 Å². The summed E-state index contributed by atoms with van der Waals surface area (Å²) in [6.07, 6.45) is 0. The highest BCUT2D eigenvalue weighted by molar-refractivity contribution is 7.74. The maximum atomic E-state index is 7.91. The molecule has 11 nitrogen and oxygen atoms in total. The molecule has 0 amide bonds. The number of nitrogens with one attached hydrogen (secondary N) is 1. The first-order chi connectivity index (χ1) is 5.85. The number of hydrogen-bond donors (Lipinski definition) is 3. The highest BCUT2D eigenvalue weighted by atomic mass is 32.1. The van der Waals surface area contributed by atoms with E-state index in [-0.39, 0.29) is 5.34 Å². The van der Waals surface area contributed by atoms with Gasteiger partial charge < -0.3 is 0 Å². The minimum Gasteiger partial charge on any atom is -0.224 e. The molecule has 12 heteroatoms. The van der Waals surface area contributed by atoms with Gasteiger partial charge in [-0.3, -0.25) is 0 Å². The van der Waals surface area contributed by atoms with Gasteiger partial charge in [0.15, 0.2) is 0 Å². The molecule has 2 N–H and O–H groups in total. The zero-order valence-electron chi connectivity index (χ0n) is 5.30. The third-order valence-corrected chi connectivity index (χ3v) is 0.471. The maximum Gasteiger partial charge on any atom is 0.0513 e. The van der Waals surface area contributed by atoms with Crippen molar-refractivity contribution in [1.82, 2.24) is 5.34 Å². The Morgan fingerprint density at radius 3 is 2.58 bits per heavy atom. The predicted molar refractivity (Wildman–Crippen MR) is 31.6 cm³/mol. The number of hydrogen-bond acceptors (Lipinski definition) is 7. The van der Waals surface area contributed by atoms with E-state index in [4.69, 9.17) is 10.8 Å². The fourth-order valence-electron chi connectivity index (χ4n) is 0.162. The normalized spacial score (nSPS) is 11.2.